The lowest BCUT2D eigenvalue weighted by molar-refractivity contribution is -0.127. The molecular weight excluding hydrogens is 503 g/mol. The Kier molecular flexibility index (Phi) is 10.8. The van der Waals surface area contributed by atoms with E-state index in [0.717, 1.165) is 37.6 Å². The monoisotopic (exact) mass is 536 g/mol. The van der Waals surface area contributed by atoms with Gasteiger partial charge < -0.3 is 20.3 Å². The van der Waals surface area contributed by atoms with E-state index in [9.17, 15) is 4.79 Å². The Labute approximate surface area is 202 Å². The number of nitrogens with zero attached hydrogens (tertiary/aromatic N) is 2. The van der Waals surface area contributed by atoms with E-state index in [2.05, 4.69) is 52.0 Å². The molecule has 168 valence electrons. The number of hydrogen-bond donors (Lipinski definition) is 2. The molecule has 7 heteroatoms. The van der Waals surface area contributed by atoms with Gasteiger partial charge in [-0.3, -0.25) is 9.79 Å². The van der Waals surface area contributed by atoms with Crippen molar-refractivity contribution >= 4 is 35.8 Å². The molecule has 1 aliphatic rings. The van der Waals surface area contributed by atoms with Gasteiger partial charge in [-0.05, 0) is 23.1 Å². The van der Waals surface area contributed by atoms with Crippen LogP contribution < -0.4 is 10.6 Å². The van der Waals surface area contributed by atoms with Crippen molar-refractivity contribution in [1.29, 1.82) is 0 Å². The number of carbonyl (C=O) groups is 1. The highest BCUT2D eigenvalue weighted by molar-refractivity contribution is 14.0. The van der Waals surface area contributed by atoms with Crippen LogP contribution in [0.4, 0.5) is 0 Å². The molecule has 0 saturated carbocycles. The zero-order valence-corrected chi connectivity index (χ0v) is 20.7. The number of rotatable bonds is 9. The predicted molar refractivity (Wildman–Crippen MR) is 136 cm³/mol. The largest absolute Gasteiger partial charge is 0.380 e. The molecule has 6 nitrogen and oxygen atoms in total. The van der Waals surface area contributed by atoms with Crippen LogP contribution in [-0.4, -0.2) is 50.6 Å². The summed E-state index contributed by atoms with van der Waals surface area (Å²) in [7, 11) is 3.47. The van der Waals surface area contributed by atoms with E-state index in [-0.39, 0.29) is 29.9 Å². The Hall–Kier alpha value is -2.13. The predicted octanol–water partition coefficient (Wildman–Crippen LogP) is 3.21. The van der Waals surface area contributed by atoms with Crippen LogP contribution in [0, 0.1) is 5.92 Å². The first-order chi connectivity index (χ1) is 14.7. The number of amides is 1. The highest BCUT2D eigenvalue weighted by Gasteiger charge is 2.29. The molecule has 1 fully saturated rings. The van der Waals surface area contributed by atoms with Gasteiger partial charge in [-0.1, -0.05) is 54.6 Å². The van der Waals surface area contributed by atoms with Crippen LogP contribution in [0.3, 0.4) is 0 Å². The van der Waals surface area contributed by atoms with Crippen molar-refractivity contribution < 1.29 is 9.53 Å². The van der Waals surface area contributed by atoms with E-state index < -0.39 is 0 Å². The maximum Gasteiger partial charge on any atom is 0.223 e. The van der Waals surface area contributed by atoms with Crippen LogP contribution in [0.1, 0.15) is 23.1 Å². The van der Waals surface area contributed by atoms with Crippen LogP contribution in [0.5, 0.6) is 0 Å². The zero-order chi connectivity index (χ0) is 21.2. The summed E-state index contributed by atoms with van der Waals surface area (Å²) in [6.45, 7) is 3.64. The molecule has 1 unspecified atom stereocenters. The molecule has 0 aliphatic carbocycles. The fourth-order valence-corrected chi connectivity index (χ4v) is 3.68. The second kappa shape index (κ2) is 13.3. The van der Waals surface area contributed by atoms with Crippen LogP contribution in [0.2, 0.25) is 0 Å². The van der Waals surface area contributed by atoms with Crippen LogP contribution >= 0.6 is 24.0 Å². The molecule has 1 atom stereocenters. The number of benzene rings is 2. The first-order valence-corrected chi connectivity index (χ1v) is 10.5. The molecule has 1 aliphatic heterocycles. The van der Waals surface area contributed by atoms with Gasteiger partial charge in [0.25, 0.3) is 0 Å². The number of aliphatic imine (C=N–C) groups is 1. The summed E-state index contributed by atoms with van der Waals surface area (Å²) < 4.78 is 5.14. The minimum Gasteiger partial charge on any atom is -0.380 e. The van der Waals surface area contributed by atoms with Gasteiger partial charge in [-0.15, -0.1) is 24.0 Å². The Balaban J connectivity index is 0.00000341. The van der Waals surface area contributed by atoms with E-state index in [4.69, 9.17) is 4.74 Å². The summed E-state index contributed by atoms with van der Waals surface area (Å²) >= 11 is 0. The molecular formula is C24H33IN4O2. The van der Waals surface area contributed by atoms with E-state index >= 15 is 0 Å². The molecule has 0 radical (unpaired) electrons. The normalized spacial score (nSPS) is 16.2. The minimum atomic E-state index is 0. The second-order valence-corrected chi connectivity index (χ2v) is 7.70. The number of hydrogen-bond acceptors (Lipinski definition) is 3. The van der Waals surface area contributed by atoms with Crippen molar-refractivity contribution in [3.05, 3.63) is 71.3 Å². The number of nitrogens with one attached hydrogen (secondary N) is 2. The third kappa shape index (κ3) is 8.14. The van der Waals surface area contributed by atoms with E-state index in [0.29, 0.717) is 25.5 Å². The first-order valence-electron chi connectivity index (χ1n) is 10.5. The van der Waals surface area contributed by atoms with Crippen LogP contribution in [0.25, 0.3) is 0 Å². The number of ether oxygens (including phenoxy) is 1. The van der Waals surface area contributed by atoms with Crippen molar-refractivity contribution in [2.45, 2.75) is 26.0 Å². The van der Waals surface area contributed by atoms with Gasteiger partial charge in [0.05, 0.1) is 6.61 Å². The molecule has 0 spiro atoms. The summed E-state index contributed by atoms with van der Waals surface area (Å²) in [5.41, 5.74) is 3.61. The molecule has 0 bridgehead atoms. The zero-order valence-electron chi connectivity index (χ0n) is 18.3. The SMILES string of the molecule is CN=C(NCc1ccc(COC)cc1)NCC1CC(=O)N(CCc2ccccc2)C1.I. The summed E-state index contributed by atoms with van der Waals surface area (Å²) in [4.78, 5) is 18.6. The number of halogens is 1. The van der Waals surface area contributed by atoms with Gasteiger partial charge in [0.2, 0.25) is 5.91 Å². The molecule has 0 aromatic heterocycles. The summed E-state index contributed by atoms with van der Waals surface area (Å²) in [5, 5.41) is 6.71. The quantitative estimate of drug-likeness (QED) is 0.294. The van der Waals surface area contributed by atoms with Gasteiger partial charge in [-0.2, -0.15) is 0 Å². The van der Waals surface area contributed by atoms with Crippen molar-refractivity contribution in [1.82, 2.24) is 15.5 Å². The van der Waals surface area contributed by atoms with Gasteiger partial charge in [-0.25, -0.2) is 0 Å². The van der Waals surface area contributed by atoms with Crippen LogP contribution in [0.15, 0.2) is 59.6 Å². The third-order valence-corrected chi connectivity index (χ3v) is 5.38. The maximum atomic E-state index is 12.3. The number of methoxy groups -OCH3 is 1. The van der Waals surface area contributed by atoms with Gasteiger partial charge in [0.1, 0.15) is 0 Å². The summed E-state index contributed by atoms with van der Waals surface area (Å²) in [5.74, 6) is 1.31. The molecule has 31 heavy (non-hydrogen) atoms. The van der Waals surface area contributed by atoms with Crippen LogP contribution in [-0.2, 0) is 29.1 Å². The van der Waals surface area contributed by atoms with Crippen molar-refractivity contribution in [3.63, 3.8) is 0 Å². The standard InChI is InChI=1S/C24H32N4O2.HI/c1-25-24(26-15-20-8-10-21(11-9-20)18-30-2)27-16-22-14-23(29)28(17-22)13-12-19-6-4-3-5-7-19;/h3-11,22H,12-18H2,1-2H3,(H2,25,26,27);1H. The topological polar surface area (TPSA) is 66.0 Å². The fourth-order valence-electron chi connectivity index (χ4n) is 3.68. The van der Waals surface area contributed by atoms with Gasteiger partial charge in [0.15, 0.2) is 5.96 Å². The number of carbonyl (C=O) groups excluding carboxylic acids is 1. The molecule has 2 aromatic carbocycles. The third-order valence-electron chi connectivity index (χ3n) is 5.38. The Bertz CT molecular complexity index is 827. The van der Waals surface area contributed by atoms with Gasteiger partial charge >= 0.3 is 0 Å². The lowest BCUT2D eigenvalue weighted by Crippen LogP contribution is -2.40. The Morgan fingerprint density at radius 3 is 2.45 bits per heavy atom. The molecule has 1 saturated heterocycles. The maximum absolute atomic E-state index is 12.3. The molecule has 1 amide bonds. The van der Waals surface area contributed by atoms with Crippen molar-refractivity contribution in [3.8, 4) is 0 Å². The summed E-state index contributed by atoms with van der Waals surface area (Å²) in [6, 6.07) is 18.7. The number of likely N-dealkylation sites (tertiary alicyclic amines) is 1. The summed E-state index contributed by atoms with van der Waals surface area (Å²) in [6.07, 6.45) is 1.50. The fraction of sp³-hybridized carbons (Fsp3) is 0.417. The molecule has 2 N–H and O–H groups in total. The number of guanidine groups is 1. The van der Waals surface area contributed by atoms with Crippen molar-refractivity contribution in [2.75, 3.05) is 33.8 Å². The highest BCUT2D eigenvalue weighted by Crippen LogP contribution is 2.17. The lowest BCUT2D eigenvalue weighted by Gasteiger charge is -2.18. The van der Waals surface area contributed by atoms with Crippen molar-refractivity contribution in [2.24, 2.45) is 10.9 Å². The minimum absolute atomic E-state index is 0. The van der Waals surface area contributed by atoms with E-state index in [1.165, 1.54) is 11.1 Å². The van der Waals surface area contributed by atoms with E-state index in [1.54, 1.807) is 14.2 Å². The van der Waals surface area contributed by atoms with E-state index in [1.807, 2.05) is 23.1 Å². The Morgan fingerprint density at radius 2 is 1.77 bits per heavy atom. The second-order valence-electron chi connectivity index (χ2n) is 7.70. The smallest absolute Gasteiger partial charge is 0.223 e. The Morgan fingerprint density at radius 1 is 1.06 bits per heavy atom. The first kappa shape index (κ1) is 25.1. The average Bonchev–Trinajstić information content (AvgIpc) is 3.14. The average molecular weight is 536 g/mol. The highest BCUT2D eigenvalue weighted by atomic mass is 127. The molecule has 3 rings (SSSR count). The van der Waals surface area contributed by atoms with Gasteiger partial charge in [0, 0.05) is 52.7 Å². The lowest BCUT2D eigenvalue weighted by atomic mass is 10.1. The molecule has 2 aromatic rings. The molecule has 1 heterocycles.